The van der Waals surface area contributed by atoms with Crippen molar-refractivity contribution < 1.29 is 4.79 Å². The van der Waals surface area contributed by atoms with Crippen LogP contribution in [-0.2, 0) is 17.8 Å². The molecule has 0 aliphatic carbocycles. The first-order valence-electron chi connectivity index (χ1n) is 12.5. The van der Waals surface area contributed by atoms with Crippen LogP contribution in [0.5, 0.6) is 0 Å². The molecule has 4 heteroatoms. The van der Waals surface area contributed by atoms with Crippen molar-refractivity contribution >= 4 is 16.9 Å². The number of fused-ring (bicyclic) bond motifs is 1. The van der Waals surface area contributed by atoms with Crippen LogP contribution in [-0.4, -0.2) is 33.4 Å². The minimum atomic E-state index is 0.120. The summed E-state index contributed by atoms with van der Waals surface area (Å²) in [7, 11) is 0. The van der Waals surface area contributed by atoms with E-state index >= 15 is 0 Å². The van der Waals surface area contributed by atoms with E-state index in [-0.39, 0.29) is 11.8 Å². The van der Waals surface area contributed by atoms with Crippen LogP contribution in [0.1, 0.15) is 61.0 Å². The predicted octanol–water partition coefficient (Wildman–Crippen LogP) is 6.16. The van der Waals surface area contributed by atoms with Gasteiger partial charge < -0.3 is 9.47 Å². The van der Waals surface area contributed by atoms with Gasteiger partial charge in [-0.3, -0.25) is 4.79 Å². The van der Waals surface area contributed by atoms with Gasteiger partial charge in [0.1, 0.15) is 5.82 Å². The lowest BCUT2D eigenvalue weighted by molar-refractivity contribution is -0.127. The third-order valence-electron chi connectivity index (χ3n) is 7.28. The fourth-order valence-corrected chi connectivity index (χ4v) is 5.01. The Kier molecular flexibility index (Phi) is 6.48. The molecule has 0 bridgehead atoms. The van der Waals surface area contributed by atoms with Gasteiger partial charge in [0.05, 0.1) is 11.0 Å². The summed E-state index contributed by atoms with van der Waals surface area (Å²) in [6.45, 7) is 6.77. The first-order valence-corrected chi connectivity index (χ1v) is 12.5. The molecule has 1 fully saturated rings. The van der Waals surface area contributed by atoms with Gasteiger partial charge in [-0.2, -0.15) is 0 Å². The van der Waals surface area contributed by atoms with E-state index in [0.717, 1.165) is 49.3 Å². The second-order valence-corrected chi connectivity index (χ2v) is 9.57. The van der Waals surface area contributed by atoms with E-state index in [2.05, 4.69) is 85.1 Å². The van der Waals surface area contributed by atoms with Crippen molar-refractivity contribution in [3.63, 3.8) is 0 Å². The highest BCUT2D eigenvalue weighted by molar-refractivity contribution is 5.81. The van der Waals surface area contributed by atoms with Crippen LogP contribution in [0, 0.1) is 0 Å². The number of carbonyl (C=O) groups is 1. The second kappa shape index (κ2) is 9.84. The average Bonchev–Trinajstić information content (AvgIpc) is 3.43. The number of carbonyl (C=O) groups excluding carboxylic acids is 1. The molecule has 0 radical (unpaired) electrons. The summed E-state index contributed by atoms with van der Waals surface area (Å²) in [6, 6.07) is 27.7. The van der Waals surface area contributed by atoms with Crippen molar-refractivity contribution in [1.29, 1.82) is 0 Å². The summed E-state index contributed by atoms with van der Waals surface area (Å²) < 4.78 is 2.33. The van der Waals surface area contributed by atoms with Gasteiger partial charge in [-0.25, -0.2) is 4.98 Å². The highest BCUT2D eigenvalue weighted by Gasteiger charge is 2.33. The first-order chi connectivity index (χ1) is 16.6. The fraction of sp³-hybridized carbons (Fsp3) is 0.333. The Bertz CT molecular complexity index is 1260. The van der Waals surface area contributed by atoms with E-state index in [1.807, 2.05) is 17.0 Å². The number of benzene rings is 3. The van der Waals surface area contributed by atoms with E-state index in [1.54, 1.807) is 0 Å². The number of hydrogen-bond donors (Lipinski definition) is 0. The Balaban J connectivity index is 1.38. The number of para-hydroxylation sites is 2. The van der Waals surface area contributed by atoms with Gasteiger partial charge in [0.15, 0.2) is 0 Å². The van der Waals surface area contributed by atoms with Crippen molar-refractivity contribution in [3.8, 4) is 0 Å². The molecule has 0 spiro atoms. The first kappa shape index (κ1) is 22.4. The van der Waals surface area contributed by atoms with E-state index < -0.39 is 0 Å². The van der Waals surface area contributed by atoms with Crippen LogP contribution in [0.4, 0.5) is 0 Å². The van der Waals surface area contributed by atoms with Gasteiger partial charge in [0.25, 0.3) is 0 Å². The van der Waals surface area contributed by atoms with Gasteiger partial charge >= 0.3 is 0 Å². The van der Waals surface area contributed by atoms with Crippen LogP contribution in [0.2, 0.25) is 0 Å². The van der Waals surface area contributed by atoms with Crippen molar-refractivity contribution in [2.24, 2.45) is 0 Å². The van der Waals surface area contributed by atoms with Gasteiger partial charge in [-0.15, -0.1) is 0 Å². The molecule has 4 aromatic rings. The Morgan fingerprint density at radius 3 is 2.44 bits per heavy atom. The summed E-state index contributed by atoms with van der Waals surface area (Å²) in [6.07, 6.45) is 2.56. The molecule has 1 saturated heterocycles. The quantitative estimate of drug-likeness (QED) is 0.322. The molecule has 0 N–H and O–H groups in total. The minimum Gasteiger partial charge on any atom is -0.342 e. The molecule has 0 saturated carbocycles. The molecule has 4 nitrogen and oxygen atoms in total. The molecule has 2 unspecified atom stereocenters. The molecule has 34 heavy (non-hydrogen) atoms. The number of amides is 1. The van der Waals surface area contributed by atoms with Gasteiger partial charge in [-0.1, -0.05) is 80.6 Å². The molecule has 1 aromatic heterocycles. The summed E-state index contributed by atoms with van der Waals surface area (Å²) in [5.41, 5.74) is 6.06. The van der Waals surface area contributed by atoms with Crippen LogP contribution in [0.25, 0.3) is 11.0 Å². The normalized spacial score (nSPS) is 16.9. The average molecular weight is 452 g/mol. The van der Waals surface area contributed by atoms with Gasteiger partial charge in [-0.05, 0) is 47.6 Å². The molecule has 5 rings (SSSR count). The molecule has 3 aromatic carbocycles. The van der Waals surface area contributed by atoms with Gasteiger partial charge in [0.2, 0.25) is 5.91 Å². The third kappa shape index (κ3) is 4.63. The molecular formula is C30H33N3O. The maximum absolute atomic E-state index is 12.9. The third-order valence-corrected chi connectivity index (χ3v) is 7.28. The van der Waals surface area contributed by atoms with E-state index in [4.69, 9.17) is 4.98 Å². The van der Waals surface area contributed by atoms with E-state index in [0.29, 0.717) is 12.3 Å². The monoisotopic (exact) mass is 451 g/mol. The molecule has 1 aliphatic rings. The van der Waals surface area contributed by atoms with E-state index in [1.165, 1.54) is 16.7 Å². The molecule has 2 heterocycles. The maximum atomic E-state index is 12.9. The lowest BCUT2D eigenvalue weighted by Crippen LogP contribution is -2.27. The number of hydrogen-bond acceptors (Lipinski definition) is 2. The SMILES string of the molecule is CCC(C)c1ccc(Cn2c(C3CC(=O)N(CCc4ccccc4)C3)nc3ccccc32)cc1. The lowest BCUT2D eigenvalue weighted by Gasteiger charge is -2.18. The summed E-state index contributed by atoms with van der Waals surface area (Å²) in [4.78, 5) is 19.9. The Morgan fingerprint density at radius 1 is 0.941 bits per heavy atom. The zero-order valence-electron chi connectivity index (χ0n) is 20.2. The topological polar surface area (TPSA) is 38.1 Å². The smallest absolute Gasteiger partial charge is 0.223 e. The standard InChI is InChI=1S/C30H33N3O/c1-3-22(2)25-15-13-24(14-16-25)20-33-28-12-8-7-11-27(28)31-30(33)26-19-29(34)32(21-26)18-17-23-9-5-4-6-10-23/h4-16,22,26H,3,17-21H2,1-2H3. The van der Waals surface area contributed by atoms with Crippen LogP contribution >= 0.6 is 0 Å². The zero-order chi connectivity index (χ0) is 23.5. The number of aromatic nitrogens is 2. The largest absolute Gasteiger partial charge is 0.342 e. The predicted molar refractivity (Wildman–Crippen MR) is 138 cm³/mol. The minimum absolute atomic E-state index is 0.120. The molecule has 1 amide bonds. The zero-order valence-corrected chi connectivity index (χ0v) is 20.2. The highest BCUT2D eigenvalue weighted by atomic mass is 16.2. The van der Waals surface area contributed by atoms with Crippen molar-refractivity contribution in [3.05, 3.63) is 101 Å². The number of likely N-dealkylation sites (tertiary alicyclic amines) is 1. The number of imidazole rings is 1. The summed E-state index contributed by atoms with van der Waals surface area (Å²) in [5, 5.41) is 0. The summed E-state index contributed by atoms with van der Waals surface area (Å²) in [5.74, 6) is 1.96. The molecule has 174 valence electrons. The van der Waals surface area contributed by atoms with Crippen LogP contribution in [0.3, 0.4) is 0 Å². The van der Waals surface area contributed by atoms with Crippen molar-refractivity contribution in [2.75, 3.05) is 13.1 Å². The highest BCUT2D eigenvalue weighted by Crippen LogP contribution is 2.31. The maximum Gasteiger partial charge on any atom is 0.223 e. The van der Waals surface area contributed by atoms with Crippen molar-refractivity contribution in [2.45, 2.75) is 51.5 Å². The summed E-state index contributed by atoms with van der Waals surface area (Å²) >= 11 is 0. The molecule has 1 aliphatic heterocycles. The Hall–Kier alpha value is -3.40. The molecular weight excluding hydrogens is 418 g/mol. The van der Waals surface area contributed by atoms with Crippen molar-refractivity contribution in [1.82, 2.24) is 14.5 Å². The van der Waals surface area contributed by atoms with Crippen LogP contribution < -0.4 is 0 Å². The molecule has 2 atom stereocenters. The van der Waals surface area contributed by atoms with Gasteiger partial charge in [0, 0.05) is 32.0 Å². The number of rotatable bonds is 8. The van der Waals surface area contributed by atoms with Crippen LogP contribution in [0.15, 0.2) is 78.9 Å². The second-order valence-electron chi connectivity index (χ2n) is 9.57. The number of nitrogens with zero attached hydrogens (tertiary/aromatic N) is 3. The van der Waals surface area contributed by atoms with E-state index in [9.17, 15) is 4.79 Å². The fourth-order valence-electron chi connectivity index (χ4n) is 5.01. The Labute approximate surface area is 202 Å². The lowest BCUT2D eigenvalue weighted by atomic mass is 9.97. The Morgan fingerprint density at radius 2 is 1.68 bits per heavy atom.